The Bertz CT molecular complexity index is 798. The van der Waals surface area contributed by atoms with Gasteiger partial charge in [-0.2, -0.15) is 0 Å². The highest BCUT2D eigenvalue weighted by Crippen LogP contribution is 2.19. The van der Waals surface area contributed by atoms with E-state index in [2.05, 4.69) is 16.9 Å². The van der Waals surface area contributed by atoms with Gasteiger partial charge in [-0.3, -0.25) is 0 Å². The molecule has 23 heavy (non-hydrogen) atoms. The van der Waals surface area contributed by atoms with Gasteiger partial charge < -0.3 is 9.84 Å². The zero-order valence-corrected chi connectivity index (χ0v) is 12.8. The average Bonchev–Trinajstić information content (AvgIpc) is 2.98. The van der Waals surface area contributed by atoms with Crippen LogP contribution in [-0.4, -0.2) is 32.8 Å². The Morgan fingerprint density at radius 2 is 1.96 bits per heavy atom. The van der Waals surface area contributed by atoms with Crippen LogP contribution in [0.3, 0.4) is 0 Å². The van der Waals surface area contributed by atoms with Gasteiger partial charge >= 0.3 is 0 Å². The first-order valence-electron chi connectivity index (χ1n) is 7.56. The van der Waals surface area contributed by atoms with E-state index in [0.29, 0.717) is 6.54 Å². The van der Waals surface area contributed by atoms with E-state index in [4.69, 9.17) is 4.74 Å². The average molecular weight is 309 g/mol. The van der Waals surface area contributed by atoms with E-state index in [9.17, 15) is 5.11 Å². The number of ether oxygens (including phenoxy) is 1. The van der Waals surface area contributed by atoms with Crippen LogP contribution in [0.1, 0.15) is 5.56 Å². The summed E-state index contributed by atoms with van der Waals surface area (Å²) >= 11 is 0. The van der Waals surface area contributed by atoms with E-state index >= 15 is 0 Å². The number of aromatic nitrogens is 3. The number of aliphatic hydroxyl groups is 1. The lowest BCUT2D eigenvalue weighted by molar-refractivity contribution is 0.0895. The Kier molecular flexibility index (Phi) is 4.68. The molecular formula is C18H19N3O2. The van der Waals surface area contributed by atoms with Crippen LogP contribution in [0.15, 0.2) is 61.2 Å². The molecular weight excluding hydrogens is 290 g/mol. The second-order valence-electron chi connectivity index (χ2n) is 5.33. The summed E-state index contributed by atoms with van der Waals surface area (Å²) in [5, 5.41) is 18.4. The highest BCUT2D eigenvalue weighted by molar-refractivity contribution is 5.73. The maximum absolute atomic E-state index is 10.2. The van der Waals surface area contributed by atoms with Crippen LogP contribution < -0.4 is 4.74 Å². The molecule has 0 fully saturated rings. The summed E-state index contributed by atoms with van der Waals surface area (Å²) in [4.78, 5) is 0. The number of rotatable bonds is 7. The van der Waals surface area contributed by atoms with Gasteiger partial charge in [-0.25, -0.2) is 4.68 Å². The molecule has 0 bridgehead atoms. The molecule has 1 N–H and O–H groups in total. The Morgan fingerprint density at radius 3 is 2.83 bits per heavy atom. The molecule has 0 aliphatic rings. The van der Waals surface area contributed by atoms with Crippen molar-refractivity contribution in [3.8, 4) is 5.75 Å². The van der Waals surface area contributed by atoms with Crippen LogP contribution in [0.2, 0.25) is 0 Å². The number of hydrogen-bond donors (Lipinski definition) is 1. The smallest absolute Gasteiger partial charge is 0.122 e. The van der Waals surface area contributed by atoms with Crippen molar-refractivity contribution >= 4 is 11.0 Å². The summed E-state index contributed by atoms with van der Waals surface area (Å²) in [6, 6.07) is 15.4. The number of hydrogen-bond acceptors (Lipinski definition) is 4. The summed E-state index contributed by atoms with van der Waals surface area (Å²) in [6.45, 7) is 4.28. The van der Waals surface area contributed by atoms with Crippen molar-refractivity contribution in [1.82, 2.24) is 15.0 Å². The molecule has 5 heteroatoms. The van der Waals surface area contributed by atoms with Crippen molar-refractivity contribution in [3.63, 3.8) is 0 Å². The largest absolute Gasteiger partial charge is 0.491 e. The molecule has 5 nitrogen and oxygen atoms in total. The van der Waals surface area contributed by atoms with Gasteiger partial charge in [0.25, 0.3) is 0 Å². The van der Waals surface area contributed by atoms with Crippen molar-refractivity contribution in [2.75, 3.05) is 6.61 Å². The van der Waals surface area contributed by atoms with E-state index in [1.54, 1.807) is 4.68 Å². The van der Waals surface area contributed by atoms with Gasteiger partial charge in [0.2, 0.25) is 0 Å². The third-order valence-corrected chi connectivity index (χ3v) is 3.57. The Labute approximate surface area is 134 Å². The third-order valence-electron chi connectivity index (χ3n) is 3.57. The fourth-order valence-electron chi connectivity index (χ4n) is 2.46. The molecule has 0 radical (unpaired) electrons. The summed E-state index contributed by atoms with van der Waals surface area (Å²) in [5.41, 5.74) is 2.77. The Morgan fingerprint density at radius 1 is 1.17 bits per heavy atom. The summed E-state index contributed by atoms with van der Waals surface area (Å²) < 4.78 is 7.45. The lowest BCUT2D eigenvalue weighted by atomic mass is 10.1. The predicted octanol–water partition coefficient (Wildman–Crippen LogP) is 2.60. The number of fused-ring (bicyclic) bond motifs is 1. The third kappa shape index (κ3) is 3.57. The molecule has 0 amide bonds. The second kappa shape index (κ2) is 7.07. The number of benzene rings is 2. The van der Waals surface area contributed by atoms with Crippen LogP contribution in [-0.2, 0) is 13.0 Å². The van der Waals surface area contributed by atoms with Crippen LogP contribution in [0.4, 0.5) is 0 Å². The zero-order valence-electron chi connectivity index (χ0n) is 12.8. The normalized spacial score (nSPS) is 12.2. The maximum Gasteiger partial charge on any atom is 0.122 e. The minimum Gasteiger partial charge on any atom is -0.491 e. The van der Waals surface area contributed by atoms with Crippen LogP contribution in [0.5, 0.6) is 5.75 Å². The minimum absolute atomic E-state index is 0.197. The SMILES string of the molecule is C=CCc1ccccc1OC[C@H](O)Cn1nnc2ccccc21. The first kappa shape index (κ1) is 15.2. The Balaban J connectivity index is 1.64. The Hall–Kier alpha value is -2.66. The highest BCUT2D eigenvalue weighted by Gasteiger charge is 2.11. The molecule has 1 aromatic heterocycles. The molecule has 3 aromatic rings. The van der Waals surface area contributed by atoms with E-state index in [-0.39, 0.29) is 6.61 Å². The second-order valence-corrected chi connectivity index (χ2v) is 5.33. The molecule has 2 aromatic carbocycles. The van der Waals surface area contributed by atoms with Crippen LogP contribution >= 0.6 is 0 Å². The van der Waals surface area contributed by atoms with Gasteiger partial charge in [-0.1, -0.05) is 41.6 Å². The van der Waals surface area contributed by atoms with Gasteiger partial charge in [0, 0.05) is 0 Å². The number of para-hydroxylation sites is 2. The molecule has 0 aliphatic carbocycles. The standard InChI is InChI=1S/C18H19N3O2/c1-2-7-14-8-3-6-11-18(14)23-13-15(22)12-21-17-10-5-4-9-16(17)19-20-21/h2-6,8-11,15,22H,1,7,12-13H2/t15-/m1/s1. The van der Waals surface area contributed by atoms with Crippen LogP contribution in [0.25, 0.3) is 11.0 Å². The quantitative estimate of drug-likeness (QED) is 0.682. The highest BCUT2D eigenvalue weighted by atomic mass is 16.5. The first-order valence-corrected chi connectivity index (χ1v) is 7.56. The van der Waals surface area contributed by atoms with Crippen molar-refractivity contribution in [3.05, 3.63) is 66.7 Å². The molecule has 0 saturated carbocycles. The molecule has 0 unspecified atom stereocenters. The molecule has 0 aliphatic heterocycles. The fourth-order valence-corrected chi connectivity index (χ4v) is 2.46. The monoisotopic (exact) mass is 309 g/mol. The predicted molar refractivity (Wildman–Crippen MR) is 89.4 cm³/mol. The van der Waals surface area contributed by atoms with Crippen molar-refractivity contribution < 1.29 is 9.84 Å². The van der Waals surface area contributed by atoms with Gasteiger partial charge in [-0.15, -0.1) is 11.7 Å². The number of nitrogens with zero attached hydrogens (tertiary/aromatic N) is 3. The topological polar surface area (TPSA) is 60.2 Å². The van der Waals surface area contributed by atoms with Crippen LogP contribution in [0, 0.1) is 0 Å². The van der Waals surface area contributed by atoms with Gasteiger partial charge in [0.05, 0.1) is 12.1 Å². The lowest BCUT2D eigenvalue weighted by Gasteiger charge is -2.14. The van der Waals surface area contributed by atoms with E-state index in [1.807, 2.05) is 54.6 Å². The van der Waals surface area contributed by atoms with E-state index < -0.39 is 6.10 Å². The van der Waals surface area contributed by atoms with Gasteiger partial charge in [0.1, 0.15) is 24.0 Å². The summed E-state index contributed by atoms with van der Waals surface area (Å²) in [7, 11) is 0. The lowest BCUT2D eigenvalue weighted by Crippen LogP contribution is -2.24. The molecule has 1 heterocycles. The fraction of sp³-hybridized carbons (Fsp3) is 0.222. The van der Waals surface area contributed by atoms with Gasteiger partial charge in [0.15, 0.2) is 0 Å². The molecule has 118 valence electrons. The van der Waals surface area contributed by atoms with Crippen molar-refractivity contribution in [1.29, 1.82) is 0 Å². The summed E-state index contributed by atoms with van der Waals surface area (Å²) in [5.74, 6) is 0.773. The summed E-state index contributed by atoms with van der Waals surface area (Å²) in [6.07, 6.45) is 1.90. The van der Waals surface area contributed by atoms with Gasteiger partial charge in [-0.05, 0) is 30.2 Å². The first-order chi connectivity index (χ1) is 11.3. The maximum atomic E-state index is 10.2. The molecule has 3 rings (SSSR count). The zero-order chi connectivity index (χ0) is 16.1. The van der Waals surface area contributed by atoms with Crippen molar-refractivity contribution in [2.45, 2.75) is 19.1 Å². The molecule has 0 spiro atoms. The van der Waals surface area contributed by atoms with E-state index in [0.717, 1.165) is 28.8 Å². The number of allylic oxidation sites excluding steroid dienone is 1. The molecule has 1 atom stereocenters. The van der Waals surface area contributed by atoms with Crippen molar-refractivity contribution in [2.24, 2.45) is 0 Å². The minimum atomic E-state index is -0.670. The molecule has 0 saturated heterocycles. The number of aliphatic hydroxyl groups excluding tert-OH is 1. The van der Waals surface area contributed by atoms with E-state index in [1.165, 1.54) is 0 Å².